The number of thiazole rings is 1. The first-order chi connectivity index (χ1) is 11.7. The van der Waals surface area contributed by atoms with Gasteiger partial charge in [0.15, 0.2) is 5.13 Å². The number of carbonyl (C=O) groups is 1. The summed E-state index contributed by atoms with van der Waals surface area (Å²) in [7, 11) is 0. The number of carbonyl (C=O) groups excluding carboxylic acids is 1. The van der Waals surface area contributed by atoms with E-state index in [1.165, 1.54) is 24.3 Å². The maximum absolute atomic E-state index is 12.9. The van der Waals surface area contributed by atoms with Crippen molar-refractivity contribution in [1.29, 1.82) is 0 Å². The van der Waals surface area contributed by atoms with Crippen LogP contribution < -0.4 is 10.6 Å². The minimum absolute atomic E-state index is 0.279. The molecule has 2 N–H and O–H groups in total. The number of aromatic nitrogens is 1. The van der Waals surface area contributed by atoms with Gasteiger partial charge in [0.2, 0.25) is 0 Å². The summed E-state index contributed by atoms with van der Waals surface area (Å²) in [4.78, 5) is 16.7. The lowest BCUT2D eigenvalue weighted by Crippen LogP contribution is -2.11. The van der Waals surface area contributed by atoms with Crippen LogP contribution in [0.2, 0.25) is 0 Å². The van der Waals surface area contributed by atoms with Crippen LogP contribution in [0.5, 0.6) is 0 Å². The Morgan fingerprint density at radius 1 is 1.21 bits per heavy atom. The predicted octanol–water partition coefficient (Wildman–Crippen LogP) is 4.63. The number of anilines is 2. The van der Waals surface area contributed by atoms with E-state index >= 15 is 0 Å². The lowest BCUT2D eigenvalue weighted by atomic mass is 10.1. The molecule has 2 aromatic carbocycles. The average molecular weight is 341 g/mol. The number of benzene rings is 2. The Kier molecular flexibility index (Phi) is 4.86. The molecule has 0 aliphatic heterocycles. The van der Waals surface area contributed by atoms with Gasteiger partial charge in [0.1, 0.15) is 5.82 Å². The van der Waals surface area contributed by atoms with Gasteiger partial charge in [-0.1, -0.05) is 12.1 Å². The van der Waals surface area contributed by atoms with Crippen LogP contribution in [0.3, 0.4) is 0 Å². The Morgan fingerprint density at radius 3 is 2.75 bits per heavy atom. The highest BCUT2D eigenvalue weighted by Gasteiger charge is 2.08. The van der Waals surface area contributed by atoms with E-state index in [-0.39, 0.29) is 11.7 Å². The lowest BCUT2D eigenvalue weighted by molar-refractivity contribution is 0.102. The Balaban J connectivity index is 1.77. The molecule has 4 nitrogen and oxygen atoms in total. The minimum Gasteiger partial charge on any atom is -0.362 e. The second kappa shape index (κ2) is 7.23. The van der Waals surface area contributed by atoms with E-state index in [1.54, 1.807) is 11.3 Å². The summed E-state index contributed by atoms with van der Waals surface area (Å²) in [6.07, 6.45) is 0. The van der Waals surface area contributed by atoms with Crippen molar-refractivity contribution in [3.05, 3.63) is 65.3 Å². The van der Waals surface area contributed by atoms with E-state index in [0.717, 1.165) is 22.9 Å². The first kappa shape index (κ1) is 16.1. The van der Waals surface area contributed by atoms with Crippen LogP contribution >= 0.6 is 11.3 Å². The highest BCUT2D eigenvalue weighted by atomic mass is 32.1. The van der Waals surface area contributed by atoms with Crippen molar-refractivity contribution in [2.75, 3.05) is 17.2 Å². The second-order valence-corrected chi connectivity index (χ2v) is 5.97. The summed E-state index contributed by atoms with van der Waals surface area (Å²) in [6, 6.07) is 12.9. The van der Waals surface area contributed by atoms with Gasteiger partial charge in [-0.15, -0.1) is 11.3 Å². The Morgan fingerprint density at radius 2 is 2.00 bits per heavy atom. The molecular weight excluding hydrogens is 325 g/mol. The van der Waals surface area contributed by atoms with Crippen molar-refractivity contribution >= 4 is 28.1 Å². The SMILES string of the molecule is CCNc1nc(-c2cccc(NC(=O)c3ccc(F)cc3)c2)cs1. The van der Waals surface area contributed by atoms with E-state index in [1.807, 2.05) is 36.6 Å². The molecule has 1 aromatic heterocycles. The molecule has 6 heteroatoms. The van der Waals surface area contributed by atoms with Crippen LogP contribution in [0.15, 0.2) is 53.9 Å². The molecule has 0 fully saturated rings. The largest absolute Gasteiger partial charge is 0.362 e. The molecule has 24 heavy (non-hydrogen) atoms. The molecule has 3 rings (SSSR count). The summed E-state index contributed by atoms with van der Waals surface area (Å²) < 4.78 is 12.9. The fourth-order valence-electron chi connectivity index (χ4n) is 2.20. The van der Waals surface area contributed by atoms with E-state index in [4.69, 9.17) is 0 Å². The van der Waals surface area contributed by atoms with E-state index in [0.29, 0.717) is 11.3 Å². The van der Waals surface area contributed by atoms with Crippen LogP contribution in [-0.4, -0.2) is 17.4 Å². The molecule has 0 saturated carbocycles. The Labute approximate surface area is 143 Å². The maximum atomic E-state index is 12.9. The highest BCUT2D eigenvalue weighted by Crippen LogP contribution is 2.26. The molecule has 0 aliphatic carbocycles. The lowest BCUT2D eigenvalue weighted by Gasteiger charge is -2.07. The summed E-state index contributed by atoms with van der Waals surface area (Å²) in [6.45, 7) is 2.84. The number of nitrogens with one attached hydrogen (secondary N) is 2. The number of halogens is 1. The van der Waals surface area contributed by atoms with Gasteiger partial charge in [0, 0.05) is 28.7 Å². The van der Waals surface area contributed by atoms with Crippen LogP contribution in [0, 0.1) is 5.82 Å². The van der Waals surface area contributed by atoms with Gasteiger partial charge in [-0.25, -0.2) is 9.37 Å². The van der Waals surface area contributed by atoms with Crippen LogP contribution in [0.1, 0.15) is 17.3 Å². The number of hydrogen-bond acceptors (Lipinski definition) is 4. The number of nitrogens with zero attached hydrogens (tertiary/aromatic N) is 1. The normalized spacial score (nSPS) is 10.4. The minimum atomic E-state index is -0.367. The Bertz CT molecular complexity index is 845. The van der Waals surface area contributed by atoms with E-state index in [2.05, 4.69) is 15.6 Å². The summed E-state index contributed by atoms with van der Waals surface area (Å²) in [5.41, 5.74) is 2.85. The van der Waals surface area contributed by atoms with Crippen LogP contribution in [0.4, 0.5) is 15.2 Å². The van der Waals surface area contributed by atoms with Crippen molar-refractivity contribution in [3.63, 3.8) is 0 Å². The third kappa shape index (κ3) is 3.78. The van der Waals surface area contributed by atoms with Crippen molar-refractivity contribution < 1.29 is 9.18 Å². The molecular formula is C18H16FN3OS. The van der Waals surface area contributed by atoms with Gasteiger partial charge in [0.25, 0.3) is 5.91 Å². The second-order valence-electron chi connectivity index (χ2n) is 5.11. The summed E-state index contributed by atoms with van der Waals surface area (Å²) in [5.74, 6) is -0.646. The van der Waals surface area contributed by atoms with Gasteiger partial charge < -0.3 is 10.6 Å². The molecule has 0 radical (unpaired) electrons. The molecule has 122 valence electrons. The topological polar surface area (TPSA) is 54.0 Å². The van der Waals surface area contributed by atoms with Crippen LogP contribution in [-0.2, 0) is 0 Å². The van der Waals surface area contributed by atoms with Gasteiger partial charge in [0.05, 0.1) is 5.69 Å². The van der Waals surface area contributed by atoms with Gasteiger partial charge in [-0.05, 0) is 43.3 Å². The molecule has 0 aliphatic rings. The van der Waals surface area contributed by atoms with Gasteiger partial charge >= 0.3 is 0 Å². The first-order valence-corrected chi connectivity index (χ1v) is 8.40. The fraction of sp³-hybridized carbons (Fsp3) is 0.111. The van der Waals surface area contributed by atoms with Crippen molar-refractivity contribution in [1.82, 2.24) is 4.98 Å². The first-order valence-electron chi connectivity index (χ1n) is 7.52. The summed E-state index contributed by atoms with van der Waals surface area (Å²) >= 11 is 1.54. The molecule has 0 atom stereocenters. The average Bonchev–Trinajstić information content (AvgIpc) is 3.05. The Hall–Kier alpha value is -2.73. The summed E-state index contributed by atoms with van der Waals surface area (Å²) in [5, 5.41) is 8.84. The zero-order chi connectivity index (χ0) is 16.9. The molecule has 0 unspecified atom stereocenters. The van der Waals surface area contributed by atoms with E-state index in [9.17, 15) is 9.18 Å². The number of hydrogen-bond donors (Lipinski definition) is 2. The number of rotatable bonds is 5. The third-order valence-corrected chi connectivity index (χ3v) is 4.15. The molecule has 0 saturated heterocycles. The quantitative estimate of drug-likeness (QED) is 0.711. The molecule has 1 amide bonds. The third-order valence-electron chi connectivity index (χ3n) is 3.35. The fourth-order valence-corrected chi connectivity index (χ4v) is 2.99. The van der Waals surface area contributed by atoms with Gasteiger partial charge in [-0.3, -0.25) is 4.79 Å². The van der Waals surface area contributed by atoms with Crippen molar-refractivity contribution in [2.24, 2.45) is 0 Å². The molecule has 3 aromatic rings. The van der Waals surface area contributed by atoms with Crippen molar-refractivity contribution in [2.45, 2.75) is 6.92 Å². The predicted molar refractivity (Wildman–Crippen MR) is 96.1 cm³/mol. The van der Waals surface area contributed by atoms with Crippen LogP contribution in [0.25, 0.3) is 11.3 Å². The molecule has 1 heterocycles. The van der Waals surface area contributed by atoms with E-state index < -0.39 is 0 Å². The van der Waals surface area contributed by atoms with Gasteiger partial charge in [-0.2, -0.15) is 0 Å². The monoisotopic (exact) mass is 341 g/mol. The molecule has 0 spiro atoms. The number of amides is 1. The standard InChI is InChI=1S/C18H16FN3OS/c1-2-20-18-22-16(11-24-18)13-4-3-5-15(10-13)21-17(23)12-6-8-14(19)9-7-12/h3-11H,2H2,1H3,(H,20,22)(H,21,23). The zero-order valence-corrected chi connectivity index (χ0v) is 13.9. The van der Waals surface area contributed by atoms with Crippen molar-refractivity contribution in [3.8, 4) is 11.3 Å². The smallest absolute Gasteiger partial charge is 0.255 e. The maximum Gasteiger partial charge on any atom is 0.255 e. The molecule has 0 bridgehead atoms. The zero-order valence-electron chi connectivity index (χ0n) is 13.0. The highest BCUT2D eigenvalue weighted by molar-refractivity contribution is 7.14.